The average Bonchev–Trinajstić information content (AvgIpc) is 3.11. The zero-order valence-electron chi connectivity index (χ0n) is 19.1. The molecule has 4 aliphatic rings. The molecule has 3 atom stereocenters. The number of carbonyl (C=O) groups is 1. The Kier molecular flexibility index (Phi) is 4.35. The van der Waals surface area contributed by atoms with Crippen molar-refractivity contribution in [1.82, 2.24) is 15.2 Å². The van der Waals surface area contributed by atoms with Crippen LogP contribution in [0.5, 0.6) is 0 Å². The molecule has 2 aliphatic heterocycles. The number of anilines is 3. The van der Waals surface area contributed by atoms with Crippen molar-refractivity contribution in [2.75, 3.05) is 35.8 Å². The minimum atomic E-state index is -0.342. The summed E-state index contributed by atoms with van der Waals surface area (Å²) < 4.78 is 5.51. The van der Waals surface area contributed by atoms with Crippen molar-refractivity contribution >= 4 is 23.1 Å². The fourth-order valence-corrected chi connectivity index (χ4v) is 6.00. The minimum Gasteiger partial charge on any atom is -0.381 e. The van der Waals surface area contributed by atoms with Gasteiger partial charge in [-0.25, -0.2) is 4.98 Å². The van der Waals surface area contributed by atoms with Crippen LogP contribution in [0.4, 0.5) is 17.2 Å². The van der Waals surface area contributed by atoms with Crippen LogP contribution >= 0.6 is 0 Å². The Bertz CT molecular complexity index is 1070. The van der Waals surface area contributed by atoms with E-state index in [1.807, 2.05) is 13.1 Å². The Morgan fingerprint density at radius 3 is 2.91 bits per heavy atom. The van der Waals surface area contributed by atoms with Crippen molar-refractivity contribution in [2.45, 2.75) is 58.5 Å². The smallest absolute Gasteiger partial charge is 0.233 e. The summed E-state index contributed by atoms with van der Waals surface area (Å²) in [7, 11) is 1.86. The summed E-state index contributed by atoms with van der Waals surface area (Å²) in [4.78, 5) is 19.8. The van der Waals surface area contributed by atoms with Gasteiger partial charge in [0.15, 0.2) is 5.82 Å². The summed E-state index contributed by atoms with van der Waals surface area (Å²) >= 11 is 0. The molecule has 3 N–H and O–H groups in total. The Balaban J connectivity index is 1.21. The Morgan fingerprint density at radius 1 is 1.31 bits per heavy atom. The first-order chi connectivity index (χ1) is 15.4. The Hall–Kier alpha value is -2.61. The molecule has 2 unspecified atom stereocenters. The minimum absolute atomic E-state index is 0.102. The average molecular weight is 437 g/mol. The molecule has 1 saturated carbocycles. The molecule has 1 saturated heterocycles. The van der Waals surface area contributed by atoms with Gasteiger partial charge in [0.05, 0.1) is 23.0 Å². The molecule has 2 aromatic heterocycles. The normalized spacial score (nSPS) is 29.2. The van der Waals surface area contributed by atoms with Gasteiger partial charge in [0.2, 0.25) is 5.91 Å². The van der Waals surface area contributed by atoms with Crippen LogP contribution in [0.2, 0.25) is 0 Å². The van der Waals surface area contributed by atoms with Gasteiger partial charge in [-0.2, -0.15) is 5.10 Å². The van der Waals surface area contributed by atoms with Crippen molar-refractivity contribution in [3.8, 4) is 0 Å². The van der Waals surface area contributed by atoms with Crippen LogP contribution in [-0.2, 0) is 22.4 Å². The fourth-order valence-electron chi connectivity index (χ4n) is 6.00. The monoisotopic (exact) mass is 436 g/mol. The van der Waals surface area contributed by atoms with Gasteiger partial charge in [0, 0.05) is 31.5 Å². The quantitative estimate of drug-likeness (QED) is 0.677. The SMILES string of the molecule is CCC1(C(=O)N(C)c2cnc3c(c2)NC(c2n[nH]c4c2CC2C[C@]2(C)C4)N3)CCOCC1. The van der Waals surface area contributed by atoms with Crippen molar-refractivity contribution in [1.29, 1.82) is 0 Å². The molecular weight excluding hydrogens is 404 g/mol. The highest BCUT2D eigenvalue weighted by atomic mass is 16.5. The molecule has 0 spiro atoms. The summed E-state index contributed by atoms with van der Waals surface area (Å²) in [5, 5.41) is 15.0. The van der Waals surface area contributed by atoms with Crippen LogP contribution in [0.15, 0.2) is 12.3 Å². The van der Waals surface area contributed by atoms with Gasteiger partial charge in [0.1, 0.15) is 11.9 Å². The highest BCUT2D eigenvalue weighted by molar-refractivity contribution is 5.98. The second-order valence-electron chi connectivity index (χ2n) is 10.4. The van der Waals surface area contributed by atoms with E-state index in [0.29, 0.717) is 18.6 Å². The van der Waals surface area contributed by atoms with Gasteiger partial charge in [0.25, 0.3) is 0 Å². The third kappa shape index (κ3) is 2.95. The number of ether oxygens (including phenoxy) is 1. The lowest BCUT2D eigenvalue weighted by molar-refractivity contribution is -0.133. The van der Waals surface area contributed by atoms with Crippen LogP contribution in [0.1, 0.15) is 62.6 Å². The van der Waals surface area contributed by atoms with E-state index in [9.17, 15) is 4.79 Å². The molecule has 2 aromatic rings. The number of nitrogens with one attached hydrogen (secondary N) is 3. The highest BCUT2D eigenvalue weighted by Gasteiger charge is 2.53. The van der Waals surface area contributed by atoms with E-state index in [-0.39, 0.29) is 17.5 Å². The van der Waals surface area contributed by atoms with Crippen molar-refractivity contribution in [3.05, 3.63) is 29.2 Å². The van der Waals surface area contributed by atoms with E-state index in [2.05, 4.69) is 39.7 Å². The van der Waals surface area contributed by atoms with Crippen LogP contribution in [0.25, 0.3) is 0 Å². The van der Waals surface area contributed by atoms with E-state index < -0.39 is 0 Å². The lowest BCUT2D eigenvalue weighted by atomic mass is 9.76. The number of pyridine rings is 1. The predicted octanol–water partition coefficient (Wildman–Crippen LogP) is 3.64. The van der Waals surface area contributed by atoms with E-state index >= 15 is 0 Å². The topological polar surface area (TPSA) is 95.2 Å². The molecule has 8 nitrogen and oxygen atoms in total. The molecule has 0 bridgehead atoms. The van der Waals surface area contributed by atoms with Gasteiger partial charge in [-0.05, 0) is 55.9 Å². The van der Waals surface area contributed by atoms with E-state index in [0.717, 1.165) is 60.9 Å². The van der Waals surface area contributed by atoms with Crippen LogP contribution in [0, 0.1) is 16.7 Å². The third-order valence-corrected chi connectivity index (χ3v) is 8.55. The molecule has 8 heteroatoms. The fraction of sp³-hybridized carbons (Fsp3) is 0.625. The van der Waals surface area contributed by atoms with Gasteiger partial charge in [-0.1, -0.05) is 13.8 Å². The third-order valence-electron chi connectivity index (χ3n) is 8.55. The maximum atomic E-state index is 13.4. The standard InChI is InChI=1S/C24H32N6O2/c1-4-24(5-7-32-8-6-24)22(31)30(3)15-10-17-20(25-13-15)27-21(26-17)19-16-9-14-11-23(14,2)12-18(16)28-29-19/h10,13-14,21,26H,4-9,11-12H2,1-3H3,(H,25,27)(H,28,29)/t14?,21?,23-/m1/s1. The van der Waals surface area contributed by atoms with Gasteiger partial charge >= 0.3 is 0 Å². The number of rotatable bonds is 4. The summed E-state index contributed by atoms with van der Waals surface area (Å²) in [5.74, 6) is 1.75. The summed E-state index contributed by atoms with van der Waals surface area (Å²) in [6.45, 7) is 5.78. The molecule has 2 fully saturated rings. The second kappa shape index (κ2) is 6.94. The zero-order valence-corrected chi connectivity index (χ0v) is 19.1. The van der Waals surface area contributed by atoms with Gasteiger partial charge in [-0.3, -0.25) is 9.89 Å². The van der Waals surface area contributed by atoms with Crippen molar-refractivity contribution in [2.24, 2.45) is 16.7 Å². The predicted molar refractivity (Wildman–Crippen MR) is 123 cm³/mol. The lowest BCUT2D eigenvalue weighted by Crippen LogP contribution is -2.45. The summed E-state index contributed by atoms with van der Waals surface area (Å²) in [5.41, 5.74) is 5.55. The maximum Gasteiger partial charge on any atom is 0.233 e. The number of carbonyl (C=O) groups excluding carboxylic acids is 1. The van der Waals surface area contributed by atoms with Crippen molar-refractivity contribution in [3.63, 3.8) is 0 Å². The first-order valence-corrected chi connectivity index (χ1v) is 11.9. The lowest BCUT2D eigenvalue weighted by Gasteiger charge is -2.37. The van der Waals surface area contributed by atoms with E-state index in [1.165, 1.54) is 17.7 Å². The summed E-state index contributed by atoms with van der Waals surface area (Å²) in [6, 6.07) is 2.02. The van der Waals surface area contributed by atoms with E-state index in [4.69, 9.17) is 4.74 Å². The van der Waals surface area contributed by atoms with Gasteiger partial charge < -0.3 is 20.3 Å². The van der Waals surface area contributed by atoms with Crippen LogP contribution in [-0.4, -0.2) is 41.3 Å². The number of hydrogen-bond acceptors (Lipinski definition) is 6. The Labute approximate surface area is 188 Å². The molecule has 6 rings (SSSR count). The first-order valence-electron chi connectivity index (χ1n) is 11.9. The second-order valence-corrected chi connectivity index (χ2v) is 10.4. The number of fused-ring (bicyclic) bond motifs is 3. The number of aromatic amines is 1. The highest BCUT2D eigenvalue weighted by Crippen LogP contribution is 2.59. The van der Waals surface area contributed by atoms with Crippen LogP contribution in [0.3, 0.4) is 0 Å². The largest absolute Gasteiger partial charge is 0.381 e. The molecular formula is C24H32N6O2. The molecule has 1 amide bonds. The number of nitrogens with zero attached hydrogens (tertiary/aromatic N) is 3. The van der Waals surface area contributed by atoms with E-state index in [1.54, 1.807) is 11.1 Å². The first kappa shape index (κ1) is 20.0. The van der Waals surface area contributed by atoms with Crippen LogP contribution < -0.4 is 15.5 Å². The number of aromatic nitrogens is 3. The molecule has 0 radical (unpaired) electrons. The van der Waals surface area contributed by atoms with Gasteiger partial charge in [-0.15, -0.1) is 0 Å². The number of H-pyrrole nitrogens is 1. The molecule has 2 aliphatic carbocycles. The Morgan fingerprint density at radius 2 is 2.12 bits per heavy atom. The number of amides is 1. The molecule has 0 aromatic carbocycles. The number of hydrogen-bond donors (Lipinski definition) is 3. The molecule has 4 heterocycles. The zero-order chi connectivity index (χ0) is 22.1. The maximum absolute atomic E-state index is 13.4. The summed E-state index contributed by atoms with van der Waals surface area (Å²) in [6.07, 6.45) is 7.57. The molecule has 170 valence electrons. The molecule has 32 heavy (non-hydrogen) atoms. The van der Waals surface area contributed by atoms with Crippen molar-refractivity contribution < 1.29 is 9.53 Å².